The number of hydrogen-bond acceptors (Lipinski definition) is 5. The zero-order chi connectivity index (χ0) is 23.4. The summed E-state index contributed by atoms with van der Waals surface area (Å²) in [6, 6.07) is 7.76. The van der Waals surface area contributed by atoms with Gasteiger partial charge in [0.2, 0.25) is 10.0 Å². The minimum atomic E-state index is -4.70. The summed E-state index contributed by atoms with van der Waals surface area (Å²) in [6.07, 6.45) is -6.20. The van der Waals surface area contributed by atoms with Crippen LogP contribution in [0.5, 0.6) is 0 Å². The van der Waals surface area contributed by atoms with E-state index in [9.17, 15) is 31.2 Å². The van der Waals surface area contributed by atoms with Gasteiger partial charge in [0.15, 0.2) is 6.10 Å². The van der Waals surface area contributed by atoms with Crippen molar-refractivity contribution in [2.75, 3.05) is 11.9 Å². The molecule has 2 rings (SSSR count). The van der Waals surface area contributed by atoms with Gasteiger partial charge in [0.05, 0.1) is 26.2 Å². The van der Waals surface area contributed by atoms with E-state index in [1.807, 2.05) is 10.0 Å². The molecule has 1 unspecified atom stereocenters. The highest BCUT2D eigenvalue weighted by Gasteiger charge is 2.34. The number of benzene rings is 2. The van der Waals surface area contributed by atoms with Gasteiger partial charge >= 0.3 is 12.1 Å². The molecule has 13 heteroatoms. The molecule has 0 heterocycles. The summed E-state index contributed by atoms with van der Waals surface area (Å²) in [5, 5.41) is 2.14. The number of rotatable bonds is 7. The van der Waals surface area contributed by atoms with Crippen LogP contribution in [-0.2, 0) is 30.5 Å². The van der Waals surface area contributed by atoms with Gasteiger partial charge in [0.25, 0.3) is 5.91 Å². The van der Waals surface area contributed by atoms with Crippen LogP contribution >= 0.6 is 23.2 Å². The van der Waals surface area contributed by atoms with E-state index >= 15 is 0 Å². The Morgan fingerprint density at radius 2 is 1.74 bits per heavy atom. The predicted octanol–water partition coefficient (Wildman–Crippen LogP) is 3.86. The summed E-state index contributed by atoms with van der Waals surface area (Å²) < 4.78 is 70.1. The molecule has 0 aliphatic heterocycles. The Bertz CT molecular complexity index is 1090. The Kier molecular flexibility index (Phi) is 7.93. The standard InChI is InChI=1S/C18H15Cl2F3N2O5S/c1-10(17(27)25-15-5-3-2-4-12(15)18(21,22)23)30-16(26)9-24-31(28,29)11-6-7-13(19)14(20)8-11/h2-8,10,24H,9H2,1H3,(H,25,27). The Labute approximate surface area is 185 Å². The van der Waals surface area contributed by atoms with Crippen molar-refractivity contribution in [2.24, 2.45) is 0 Å². The summed E-state index contributed by atoms with van der Waals surface area (Å²) in [5.74, 6) is -2.16. The van der Waals surface area contributed by atoms with E-state index in [0.717, 1.165) is 37.3 Å². The van der Waals surface area contributed by atoms with Gasteiger partial charge in [0, 0.05) is 0 Å². The fourth-order valence-corrected chi connectivity index (χ4v) is 3.60. The molecule has 0 aliphatic rings. The van der Waals surface area contributed by atoms with Crippen molar-refractivity contribution >= 4 is 50.8 Å². The quantitative estimate of drug-likeness (QED) is 0.564. The normalized spacial score (nSPS) is 12.8. The Hall–Kier alpha value is -2.34. The van der Waals surface area contributed by atoms with E-state index in [1.54, 1.807) is 0 Å². The minimum Gasteiger partial charge on any atom is -0.452 e. The van der Waals surface area contributed by atoms with Crippen LogP contribution in [-0.4, -0.2) is 32.9 Å². The molecular weight excluding hydrogens is 484 g/mol. The second-order valence-electron chi connectivity index (χ2n) is 6.07. The lowest BCUT2D eigenvalue weighted by molar-refractivity contribution is -0.152. The number of para-hydroxylation sites is 1. The number of halogens is 5. The zero-order valence-corrected chi connectivity index (χ0v) is 18.0. The SMILES string of the molecule is CC(OC(=O)CNS(=O)(=O)c1ccc(Cl)c(Cl)c1)C(=O)Nc1ccccc1C(F)(F)F. The van der Waals surface area contributed by atoms with Crippen molar-refractivity contribution in [3.63, 3.8) is 0 Å². The molecule has 0 saturated heterocycles. The highest BCUT2D eigenvalue weighted by molar-refractivity contribution is 7.89. The van der Waals surface area contributed by atoms with Gasteiger partial charge in [-0.2, -0.15) is 17.9 Å². The van der Waals surface area contributed by atoms with E-state index < -0.39 is 52.0 Å². The fourth-order valence-electron chi connectivity index (χ4n) is 2.25. The molecule has 0 bridgehead atoms. The number of anilines is 1. The van der Waals surface area contributed by atoms with E-state index in [2.05, 4.69) is 0 Å². The Morgan fingerprint density at radius 1 is 1.10 bits per heavy atom. The first kappa shape index (κ1) is 24.9. The second kappa shape index (κ2) is 9.86. The van der Waals surface area contributed by atoms with Crippen molar-refractivity contribution in [3.8, 4) is 0 Å². The van der Waals surface area contributed by atoms with E-state index in [1.165, 1.54) is 12.1 Å². The lowest BCUT2D eigenvalue weighted by Crippen LogP contribution is -2.36. The van der Waals surface area contributed by atoms with Crippen molar-refractivity contribution in [3.05, 3.63) is 58.1 Å². The molecule has 0 fully saturated rings. The van der Waals surface area contributed by atoms with Crippen molar-refractivity contribution in [2.45, 2.75) is 24.1 Å². The van der Waals surface area contributed by atoms with Crippen molar-refractivity contribution in [1.29, 1.82) is 0 Å². The predicted molar refractivity (Wildman–Crippen MR) is 107 cm³/mol. The highest BCUT2D eigenvalue weighted by Crippen LogP contribution is 2.34. The molecule has 2 aromatic rings. The van der Waals surface area contributed by atoms with Crippen LogP contribution in [0.4, 0.5) is 18.9 Å². The van der Waals surface area contributed by atoms with Crippen LogP contribution in [0.15, 0.2) is 47.4 Å². The van der Waals surface area contributed by atoms with Gasteiger partial charge in [-0.15, -0.1) is 0 Å². The van der Waals surface area contributed by atoms with Crippen LogP contribution in [0.25, 0.3) is 0 Å². The first-order valence-electron chi connectivity index (χ1n) is 8.42. The Morgan fingerprint density at radius 3 is 2.35 bits per heavy atom. The average molecular weight is 499 g/mol. The van der Waals surface area contributed by atoms with Gasteiger partial charge in [0.1, 0.15) is 6.54 Å². The lowest BCUT2D eigenvalue weighted by Gasteiger charge is -2.17. The van der Waals surface area contributed by atoms with E-state index in [4.69, 9.17) is 27.9 Å². The second-order valence-corrected chi connectivity index (χ2v) is 8.65. The number of esters is 1. The maximum atomic E-state index is 13.0. The van der Waals surface area contributed by atoms with Gasteiger partial charge in [-0.25, -0.2) is 8.42 Å². The molecular formula is C18H15Cl2F3N2O5S. The molecule has 2 N–H and O–H groups in total. The number of carbonyl (C=O) groups is 2. The third-order valence-electron chi connectivity index (χ3n) is 3.78. The third kappa shape index (κ3) is 6.82. The maximum absolute atomic E-state index is 13.0. The number of nitrogens with one attached hydrogen (secondary N) is 2. The first-order chi connectivity index (χ1) is 14.3. The van der Waals surface area contributed by atoms with Gasteiger partial charge in [-0.3, -0.25) is 9.59 Å². The topological polar surface area (TPSA) is 102 Å². The van der Waals surface area contributed by atoms with Crippen LogP contribution in [0.1, 0.15) is 12.5 Å². The van der Waals surface area contributed by atoms with Gasteiger partial charge in [-0.05, 0) is 37.3 Å². The van der Waals surface area contributed by atoms with E-state index in [-0.39, 0.29) is 14.9 Å². The fraction of sp³-hybridized carbons (Fsp3) is 0.222. The molecule has 0 saturated carbocycles. The number of hydrogen-bond donors (Lipinski definition) is 2. The molecule has 1 amide bonds. The minimum absolute atomic E-state index is 0.0171. The summed E-state index contributed by atoms with van der Waals surface area (Å²) in [7, 11) is -4.14. The van der Waals surface area contributed by atoms with Crippen LogP contribution in [0.2, 0.25) is 10.0 Å². The average Bonchev–Trinajstić information content (AvgIpc) is 2.68. The highest BCUT2D eigenvalue weighted by atomic mass is 35.5. The van der Waals surface area contributed by atoms with Crippen LogP contribution < -0.4 is 10.0 Å². The van der Waals surface area contributed by atoms with Gasteiger partial charge < -0.3 is 10.1 Å². The number of ether oxygens (including phenoxy) is 1. The van der Waals surface area contributed by atoms with Crippen LogP contribution in [0.3, 0.4) is 0 Å². The summed E-state index contributed by atoms with van der Waals surface area (Å²) in [6.45, 7) is 0.288. The lowest BCUT2D eigenvalue weighted by atomic mass is 10.1. The smallest absolute Gasteiger partial charge is 0.418 e. The molecule has 0 radical (unpaired) electrons. The van der Waals surface area contributed by atoms with E-state index in [0.29, 0.717) is 0 Å². The summed E-state index contributed by atoms with van der Waals surface area (Å²) in [4.78, 5) is 23.7. The van der Waals surface area contributed by atoms with Gasteiger partial charge in [-0.1, -0.05) is 35.3 Å². The molecule has 7 nitrogen and oxygen atoms in total. The molecule has 168 valence electrons. The number of sulfonamides is 1. The first-order valence-corrected chi connectivity index (χ1v) is 10.7. The number of amides is 1. The Balaban J connectivity index is 1.96. The number of carbonyl (C=O) groups excluding carboxylic acids is 2. The molecule has 31 heavy (non-hydrogen) atoms. The third-order valence-corrected chi connectivity index (χ3v) is 5.91. The van der Waals surface area contributed by atoms with Crippen molar-refractivity contribution < 1.29 is 35.9 Å². The monoisotopic (exact) mass is 498 g/mol. The molecule has 0 aromatic heterocycles. The summed E-state index contributed by atoms with van der Waals surface area (Å²) in [5.41, 5.74) is -1.58. The molecule has 0 aliphatic carbocycles. The molecule has 2 aromatic carbocycles. The maximum Gasteiger partial charge on any atom is 0.418 e. The summed E-state index contributed by atoms with van der Waals surface area (Å²) >= 11 is 11.5. The van der Waals surface area contributed by atoms with Crippen molar-refractivity contribution in [1.82, 2.24) is 4.72 Å². The molecule has 1 atom stereocenters. The largest absolute Gasteiger partial charge is 0.452 e. The van der Waals surface area contributed by atoms with Crippen LogP contribution in [0, 0.1) is 0 Å². The zero-order valence-electron chi connectivity index (χ0n) is 15.7. The molecule has 0 spiro atoms. The number of alkyl halides is 3.